The molecule has 5 N–H and O–H groups in total. The summed E-state index contributed by atoms with van der Waals surface area (Å²) in [6.07, 6.45) is 1.45. The molecule has 0 amide bonds. The van der Waals surface area contributed by atoms with E-state index in [0.29, 0.717) is 18.4 Å². The average molecular weight is 580 g/mol. The summed E-state index contributed by atoms with van der Waals surface area (Å²) >= 11 is 0. The van der Waals surface area contributed by atoms with Gasteiger partial charge < -0.3 is 35.0 Å². The number of cyclic esters (lactones) is 1. The van der Waals surface area contributed by atoms with Crippen molar-refractivity contribution < 1.29 is 49.4 Å². The molecule has 2 aliphatic heterocycles. The van der Waals surface area contributed by atoms with E-state index in [-0.39, 0.29) is 34.7 Å². The molecule has 0 aromatic heterocycles. The fourth-order valence-corrected chi connectivity index (χ4v) is 10.4. The third-order valence-corrected chi connectivity index (χ3v) is 12.6. The molecule has 11 nitrogen and oxygen atoms in total. The van der Waals surface area contributed by atoms with Gasteiger partial charge in [0.25, 0.3) is 0 Å². The highest BCUT2D eigenvalue weighted by Crippen LogP contribution is 2.70. The number of hydrogen-bond acceptors (Lipinski definition) is 10. The number of hydrogen-bond donors (Lipinski definition) is 5. The summed E-state index contributed by atoms with van der Waals surface area (Å²) in [6, 6.07) is -0.175. The van der Waals surface area contributed by atoms with Crippen LogP contribution in [0.4, 0.5) is 0 Å². The van der Waals surface area contributed by atoms with Crippen LogP contribution in [0.2, 0.25) is 0 Å². The van der Waals surface area contributed by atoms with Gasteiger partial charge in [-0.15, -0.1) is 0 Å². The Morgan fingerprint density at radius 2 is 1.76 bits per heavy atom. The molecular weight excluding hydrogens is 534 g/mol. The minimum Gasteiger partial charge on any atom is -0.479 e. The van der Waals surface area contributed by atoms with Crippen molar-refractivity contribution >= 4 is 11.9 Å². The van der Waals surface area contributed by atoms with Gasteiger partial charge in [-0.1, -0.05) is 13.8 Å². The average Bonchev–Trinajstić information content (AvgIpc) is 3.48. The number of aliphatic hydroxyl groups is 4. The Kier molecular flexibility index (Phi) is 7.37. The quantitative estimate of drug-likeness (QED) is 0.236. The molecule has 5 fully saturated rings. The lowest BCUT2D eigenvalue weighted by molar-refractivity contribution is -0.339. The topological polar surface area (TPSA) is 166 Å². The second kappa shape index (κ2) is 10.2. The molecule has 230 valence electrons. The number of hydroxylamine groups is 2. The standard InChI is InChI=1S/C30H45NO10/c1-28-9-6-17(31(39-3)26-24(35)22(33)23(34)25(41-26)27(36)37)13-16(28)4-5-20-19(28)7-10-29(2)18(8-11-30(20,29)38)15-12-21(32)40-14-15/h12,16-20,22-26,33-35,38H,4-11,13-14H2,1-3H3,(H,36,37)/t16?,17-,18-,19?,20?,22+,23-,24-,25+,26?,28+,29-,30+/m1/s1. The zero-order chi connectivity index (χ0) is 29.5. The summed E-state index contributed by atoms with van der Waals surface area (Å²) in [6.45, 7) is 4.92. The number of esters is 1. The summed E-state index contributed by atoms with van der Waals surface area (Å²) in [5.41, 5.74) is -0.0478. The fraction of sp³-hybridized carbons (Fsp3) is 0.867. The van der Waals surface area contributed by atoms with Crippen molar-refractivity contribution in [2.75, 3.05) is 13.7 Å². The maximum absolute atomic E-state index is 12.4. The van der Waals surface area contributed by atoms with Crippen molar-refractivity contribution in [3.8, 4) is 0 Å². The second-order valence-corrected chi connectivity index (χ2v) is 14.0. The lowest BCUT2D eigenvalue weighted by Gasteiger charge is -2.64. The molecule has 0 radical (unpaired) electrons. The fourth-order valence-electron chi connectivity index (χ4n) is 10.4. The van der Waals surface area contributed by atoms with Gasteiger partial charge in [0, 0.05) is 17.5 Å². The molecule has 6 rings (SSSR count). The first-order chi connectivity index (χ1) is 19.4. The van der Waals surface area contributed by atoms with Gasteiger partial charge in [0.05, 0.1) is 12.7 Å². The van der Waals surface area contributed by atoms with Crippen LogP contribution in [0.3, 0.4) is 0 Å². The van der Waals surface area contributed by atoms with Gasteiger partial charge in [-0.3, -0.25) is 4.84 Å². The van der Waals surface area contributed by atoms with Gasteiger partial charge in [0.1, 0.15) is 24.9 Å². The lowest BCUT2D eigenvalue weighted by atomic mass is 9.43. The Labute approximate surface area is 240 Å². The lowest BCUT2D eigenvalue weighted by Crippen LogP contribution is -2.66. The molecule has 4 saturated carbocycles. The van der Waals surface area contributed by atoms with Gasteiger partial charge in [-0.25, -0.2) is 9.59 Å². The Bertz CT molecular complexity index is 1100. The van der Waals surface area contributed by atoms with Crippen molar-refractivity contribution in [3.05, 3.63) is 11.6 Å². The van der Waals surface area contributed by atoms with Crippen LogP contribution in [-0.4, -0.2) is 98.5 Å². The Balaban J connectivity index is 1.20. The first-order valence-corrected chi connectivity index (χ1v) is 15.2. The predicted molar refractivity (Wildman–Crippen MR) is 143 cm³/mol. The Hall–Kier alpha value is -1.60. The molecule has 4 unspecified atom stereocenters. The third kappa shape index (κ3) is 4.25. The van der Waals surface area contributed by atoms with Crippen molar-refractivity contribution in [2.24, 2.45) is 34.5 Å². The van der Waals surface area contributed by atoms with Gasteiger partial charge in [0.15, 0.2) is 12.3 Å². The second-order valence-electron chi connectivity index (χ2n) is 14.0. The van der Waals surface area contributed by atoms with Gasteiger partial charge in [0.2, 0.25) is 0 Å². The number of aliphatic carboxylic acids is 1. The molecule has 13 atom stereocenters. The summed E-state index contributed by atoms with van der Waals surface area (Å²) in [7, 11) is 1.44. The minimum atomic E-state index is -1.75. The van der Waals surface area contributed by atoms with Crippen LogP contribution >= 0.6 is 0 Å². The zero-order valence-electron chi connectivity index (χ0n) is 24.1. The van der Waals surface area contributed by atoms with Crippen LogP contribution in [0, 0.1) is 34.5 Å². The number of rotatable bonds is 5. The molecule has 1 saturated heterocycles. The number of carboxylic acid groups (broad SMARTS) is 1. The molecular formula is C30H45NO10. The van der Waals surface area contributed by atoms with E-state index in [4.69, 9.17) is 14.3 Å². The number of aliphatic hydroxyl groups excluding tert-OH is 3. The number of carboxylic acids is 1. The molecule has 0 spiro atoms. The highest BCUT2D eigenvalue weighted by molar-refractivity contribution is 5.85. The Morgan fingerprint density at radius 1 is 1.00 bits per heavy atom. The van der Waals surface area contributed by atoms with Crippen molar-refractivity contribution in [3.63, 3.8) is 0 Å². The van der Waals surface area contributed by atoms with Crippen molar-refractivity contribution in [1.82, 2.24) is 5.06 Å². The van der Waals surface area contributed by atoms with Crippen LogP contribution in [-0.2, 0) is 23.9 Å². The van der Waals surface area contributed by atoms with Crippen LogP contribution in [0.1, 0.15) is 71.6 Å². The number of carbonyl (C=O) groups excluding carboxylic acids is 1. The number of ether oxygens (including phenoxy) is 2. The monoisotopic (exact) mass is 579 g/mol. The van der Waals surface area contributed by atoms with E-state index in [1.54, 1.807) is 6.08 Å². The highest BCUT2D eigenvalue weighted by Gasteiger charge is 2.68. The maximum Gasteiger partial charge on any atom is 0.335 e. The highest BCUT2D eigenvalue weighted by atomic mass is 16.7. The minimum absolute atomic E-state index is 0.00498. The van der Waals surface area contributed by atoms with E-state index < -0.39 is 42.2 Å². The van der Waals surface area contributed by atoms with Crippen LogP contribution in [0.5, 0.6) is 0 Å². The van der Waals surface area contributed by atoms with E-state index in [9.17, 15) is 35.1 Å². The van der Waals surface area contributed by atoms with E-state index in [1.165, 1.54) is 12.2 Å². The van der Waals surface area contributed by atoms with E-state index >= 15 is 0 Å². The predicted octanol–water partition coefficient (Wildman–Crippen LogP) is 1.37. The molecule has 0 aromatic carbocycles. The normalized spacial score (nSPS) is 51.4. The van der Waals surface area contributed by atoms with Gasteiger partial charge >= 0.3 is 11.9 Å². The third-order valence-electron chi connectivity index (χ3n) is 12.6. The summed E-state index contributed by atoms with van der Waals surface area (Å²) in [5, 5.41) is 54.7. The molecule has 4 aliphatic carbocycles. The van der Waals surface area contributed by atoms with Gasteiger partial charge in [-0.2, -0.15) is 5.06 Å². The molecule has 6 aliphatic rings. The number of carbonyl (C=O) groups is 2. The first-order valence-electron chi connectivity index (χ1n) is 15.2. The maximum atomic E-state index is 12.4. The molecule has 41 heavy (non-hydrogen) atoms. The largest absolute Gasteiger partial charge is 0.479 e. The zero-order valence-corrected chi connectivity index (χ0v) is 24.1. The molecule has 11 heteroatoms. The summed E-state index contributed by atoms with van der Waals surface area (Å²) in [4.78, 5) is 29.2. The van der Waals surface area contributed by atoms with Crippen molar-refractivity contribution in [1.29, 1.82) is 0 Å². The number of nitrogens with zero attached hydrogens (tertiary/aromatic N) is 1. The van der Waals surface area contributed by atoms with Crippen LogP contribution in [0.25, 0.3) is 0 Å². The van der Waals surface area contributed by atoms with E-state index in [2.05, 4.69) is 13.8 Å². The van der Waals surface area contributed by atoms with Crippen LogP contribution in [0.15, 0.2) is 11.6 Å². The van der Waals surface area contributed by atoms with Crippen molar-refractivity contribution in [2.45, 2.75) is 114 Å². The number of fused-ring (bicyclic) bond motifs is 5. The Morgan fingerprint density at radius 3 is 2.41 bits per heavy atom. The van der Waals surface area contributed by atoms with Crippen LogP contribution < -0.4 is 0 Å². The first kappa shape index (κ1) is 29.5. The molecule has 0 bridgehead atoms. The summed E-state index contributed by atoms with van der Waals surface area (Å²) in [5.74, 6) is -0.674. The smallest absolute Gasteiger partial charge is 0.335 e. The van der Waals surface area contributed by atoms with E-state index in [0.717, 1.165) is 63.4 Å². The van der Waals surface area contributed by atoms with Gasteiger partial charge in [-0.05, 0) is 92.4 Å². The molecule has 2 heterocycles. The SMILES string of the molecule is CON(C1O[C@H](C(=O)O)[C@H](O)[C@H](O)[C@H]1O)[C@@H]1CC[C@@]2(C)C(CCC3C2CC[C@]2(C)[C@@H](C4=CC(=O)OC4)CC[C@]32O)C1. The summed E-state index contributed by atoms with van der Waals surface area (Å²) < 4.78 is 10.8. The molecule has 0 aromatic rings. The van der Waals surface area contributed by atoms with E-state index in [1.807, 2.05) is 0 Å².